The number of imidazole rings is 1. The molecule has 0 bridgehead atoms. The minimum atomic E-state index is -0.401. The first-order chi connectivity index (χ1) is 12.3. The number of carbonyl (C=O) groups is 1. The summed E-state index contributed by atoms with van der Waals surface area (Å²) in [6.07, 6.45) is 5.57. The minimum Gasteiger partial charge on any atom is -0.306 e. The molecule has 25 heavy (non-hydrogen) atoms. The summed E-state index contributed by atoms with van der Waals surface area (Å²) in [6, 6.07) is 16.0. The van der Waals surface area contributed by atoms with Crippen LogP contribution in [0.3, 0.4) is 0 Å². The maximum Gasteiger partial charge on any atom is 0.245 e. The number of benzene rings is 2. The molecule has 0 aliphatic carbocycles. The number of carbonyl (C=O) groups excluding carboxylic acids is 1. The molecule has 0 saturated heterocycles. The second kappa shape index (κ2) is 6.62. The Balaban J connectivity index is 1.65. The number of hydroxylamine groups is 1. The van der Waals surface area contributed by atoms with E-state index in [1.165, 1.54) is 0 Å². The van der Waals surface area contributed by atoms with Crippen molar-refractivity contribution < 1.29 is 10.0 Å². The highest BCUT2D eigenvalue weighted by atomic mass is 32.2. The molecular formula is C18H16N4O2S. The summed E-state index contributed by atoms with van der Waals surface area (Å²) in [5.74, 6) is -0.401. The van der Waals surface area contributed by atoms with Crippen LogP contribution >= 0.6 is 11.9 Å². The third-order valence-corrected chi connectivity index (χ3v) is 5.40. The highest BCUT2D eigenvalue weighted by Gasteiger charge is 2.33. The van der Waals surface area contributed by atoms with Gasteiger partial charge in [-0.25, -0.2) is 10.5 Å². The average Bonchev–Trinajstić information content (AvgIpc) is 3.30. The van der Waals surface area contributed by atoms with Crippen molar-refractivity contribution in [2.24, 2.45) is 0 Å². The summed E-state index contributed by atoms with van der Waals surface area (Å²) in [5.41, 5.74) is 4.85. The van der Waals surface area contributed by atoms with Crippen LogP contribution in [-0.2, 0) is 4.79 Å². The number of nitrogens with one attached hydrogen (secondary N) is 1. The van der Waals surface area contributed by atoms with E-state index in [2.05, 4.69) is 9.29 Å². The largest absolute Gasteiger partial charge is 0.306 e. The molecule has 126 valence electrons. The fourth-order valence-electron chi connectivity index (χ4n) is 2.97. The van der Waals surface area contributed by atoms with Crippen molar-refractivity contribution in [3.8, 4) is 5.69 Å². The lowest BCUT2D eigenvalue weighted by atomic mass is 10.0. The Labute approximate surface area is 149 Å². The first kappa shape index (κ1) is 15.7. The van der Waals surface area contributed by atoms with E-state index in [-0.39, 0.29) is 12.5 Å². The van der Waals surface area contributed by atoms with Crippen LogP contribution in [0.5, 0.6) is 0 Å². The third kappa shape index (κ3) is 2.99. The van der Waals surface area contributed by atoms with Crippen molar-refractivity contribution in [1.29, 1.82) is 0 Å². The van der Waals surface area contributed by atoms with Gasteiger partial charge >= 0.3 is 0 Å². The molecule has 2 N–H and O–H groups in total. The molecule has 0 radical (unpaired) electrons. The smallest absolute Gasteiger partial charge is 0.245 e. The summed E-state index contributed by atoms with van der Waals surface area (Å²) >= 11 is 1.61. The van der Waals surface area contributed by atoms with E-state index in [4.69, 9.17) is 5.21 Å². The first-order valence-corrected chi connectivity index (χ1v) is 8.61. The molecule has 3 aromatic rings. The average molecular weight is 352 g/mol. The van der Waals surface area contributed by atoms with Crippen LogP contribution in [0.1, 0.15) is 18.0 Å². The lowest BCUT2D eigenvalue weighted by molar-refractivity contribution is -0.129. The fourth-order valence-corrected chi connectivity index (χ4v) is 4.17. The van der Waals surface area contributed by atoms with E-state index in [1.807, 2.05) is 59.3 Å². The van der Waals surface area contributed by atoms with Gasteiger partial charge in [0, 0.05) is 28.7 Å². The van der Waals surface area contributed by atoms with Crippen molar-refractivity contribution in [3.63, 3.8) is 0 Å². The number of hydrogen-bond donors (Lipinski definition) is 2. The predicted octanol–water partition coefficient (Wildman–Crippen LogP) is 3.34. The second-order valence-electron chi connectivity index (χ2n) is 5.70. The molecule has 1 atom stereocenters. The lowest BCUT2D eigenvalue weighted by Crippen LogP contribution is -2.26. The van der Waals surface area contributed by atoms with Crippen LogP contribution < -0.4 is 9.79 Å². The molecular weight excluding hydrogens is 336 g/mol. The highest BCUT2D eigenvalue weighted by molar-refractivity contribution is 8.01. The zero-order valence-corrected chi connectivity index (χ0v) is 14.1. The summed E-state index contributed by atoms with van der Waals surface area (Å²) in [6.45, 7) is 0. The Morgan fingerprint density at radius 1 is 1.16 bits per heavy atom. The van der Waals surface area contributed by atoms with Crippen LogP contribution in [0, 0.1) is 0 Å². The molecule has 2 heterocycles. The topological polar surface area (TPSA) is 70.4 Å². The highest BCUT2D eigenvalue weighted by Crippen LogP contribution is 2.48. The third-order valence-electron chi connectivity index (χ3n) is 4.17. The Morgan fingerprint density at radius 2 is 1.92 bits per heavy atom. The Bertz CT molecular complexity index is 880. The van der Waals surface area contributed by atoms with Crippen LogP contribution in [-0.4, -0.2) is 20.7 Å². The quantitative estimate of drug-likeness (QED) is 0.428. The fraction of sp³-hybridized carbons (Fsp3) is 0.111. The van der Waals surface area contributed by atoms with Crippen LogP contribution in [0.25, 0.3) is 5.69 Å². The lowest BCUT2D eigenvalue weighted by Gasteiger charge is -2.25. The number of rotatable bonds is 4. The number of hydrogen-bond acceptors (Lipinski definition) is 5. The Morgan fingerprint density at radius 3 is 2.64 bits per heavy atom. The molecule has 1 aromatic heterocycles. The van der Waals surface area contributed by atoms with Gasteiger partial charge in [-0.05, 0) is 47.8 Å². The first-order valence-electron chi connectivity index (χ1n) is 7.84. The zero-order valence-electron chi connectivity index (χ0n) is 13.2. The van der Waals surface area contributed by atoms with Gasteiger partial charge in [-0.1, -0.05) is 18.2 Å². The second-order valence-corrected chi connectivity index (χ2v) is 6.71. The van der Waals surface area contributed by atoms with Gasteiger partial charge in [0.25, 0.3) is 0 Å². The van der Waals surface area contributed by atoms with Gasteiger partial charge in [0.15, 0.2) is 0 Å². The van der Waals surface area contributed by atoms with Crippen molar-refractivity contribution in [2.45, 2.75) is 17.4 Å². The number of fused-ring (bicyclic) bond motifs is 1. The maximum atomic E-state index is 11.8. The van der Waals surface area contributed by atoms with Crippen molar-refractivity contribution >= 4 is 23.5 Å². The van der Waals surface area contributed by atoms with E-state index < -0.39 is 5.91 Å². The van der Waals surface area contributed by atoms with Gasteiger partial charge in [0.2, 0.25) is 5.91 Å². The van der Waals surface area contributed by atoms with E-state index in [0.29, 0.717) is 0 Å². The standard InChI is InChI=1S/C18H16N4O2S/c23-18(20-24)11-16-15-3-1-2-4-17(15)25-22(16)14-7-5-13(6-8-14)21-10-9-19-12-21/h1-10,12,16,24H,11H2,(H,20,23). The SMILES string of the molecule is O=C(CC1c2ccccc2SN1c1ccc(-n2ccnc2)cc1)NO. The van der Waals surface area contributed by atoms with Gasteiger partial charge < -0.3 is 8.87 Å². The van der Waals surface area contributed by atoms with Crippen LogP contribution in [0.15, 0.2) is 72.1 Å². The van der Waals surface area contributed by atoms with Crippen molar-refractivity contribution in [3.05, 3.63) is 72.8 Å². The molecule has 4 rings (SSSR count). The summed E-state index contributed by atoms with van der Waals surface area (Å²) in [4.78, 5) is 16.9. The van der Waals surface area contributed by atoms with Crippen LogP contribution in [0.4, 0.5) is 5.69 Å². The van der Waals surface area contributed by atoms with E-state index >= 15 is 0 Å². The maximum absolute atomic E-state index is 11.8. The van der Waals surface area contributed by atoms with Crippen molar-refractivity contribution in [1.82, 2.24) is 15.0 Å². The predicted molar refractivity (Wildman–Crippen MR) is 95.6 cm³/mol. The summed E-state index contributed by atoms with van der Waals surface area (Å²) in [7, 11) is 0. The van der Waals surface area contributed by atoms with Gasteiger partial charge in [-0.3, -0.25) is 10.0 Å². The van der Waals surface area contributed by atoms with Gasteiger partial charge in [-0.15, -0.1) is 0 Å². The molecule has 0 saturated carbocycles. The number of amides is 1. The Hall–Kier alpha value is -2.77. The van der Waals surface area contributed by atoms with Crippen LogP contribution in [0.2, 0.25) is 0 Å². The molecule has 7 heteroatoms. The molecule has 6 nitrogen and oxygen atoms in total. The van der Waals surface area contributed by atoms with Gasteiger partial charge in [0.1, 0.15) is 0 Å². The van der Waals surface area contributed by atoms with E-state index in [9.17, 15) is 4.79 Å². The molecule has 2 aromatic carbocycles. The normalized spacial score (nSPS) is 15.9. The molecule has 1 unspecified atom stereocenters. The van der Waals surface area contributed by atoms with E-state index in [0.717, 1.165) is 21.8 Å². The number of anilines is 1. The summed E-state index contributed by atoms with van der Waals surface area (Å²) < 4.78 is 4.05. The Kier molecular flexibility index (Phi) is 4.17. The zero-order chi connectivity index (χ0) is 17.2. The molecule has 1 amide bonds. The van der Waals surface area contributed by atoms with Crippen molar-refractivity contribution in [2.75, 3.05) is 4.31 Å². The number of aromatic nitrogens is 2. The molecule has 1 aliphatic heterocycles. The molecule has 0 fully saturated rings. The van der Waals surface area contributed by atoms with E-state index in [1.54, 1.807) is 30.0 Å². The summed E-state index contributed by atoms with van der Waals surface area (Å²) in [5, 5.41) is 8.91. The molecule has 0 spiro atoms. The van der Waals surface area contributed by atoms with Gasteiger partial charge in [0.05, 0.1) is 18.8 Å². The number of nitrogens with zero attached hydrogens (tertiary/aromatic N) is 3. The van der Waals surface area contributed by atoms with Gasteiger partial charge in [-0.2, -0.15) is 0 Å². The monoisotopic (exact) mass is 352 g/mol. The molecule has 1 aliphatic rings. The minimum absolute atomic E-state index is 0.132.